The average Bonchev–Trinajstić information content (AvgIpc) is 3.13. The number of aliphatic hydroxyl groups is 2. The SMILES string of the molecule is COCCCCCC(O)C=C[C@H]1[C@@H]2CC(CCOCC(=O)O)C[C@H]2C[C@@H]1O. The predicted octanol–water partition coefficient (Wildman–Crippen LogP) is 2.62. The molecular formula is C21H36O6. The summed E-state index contributed by atoms with van der Waals surface area (Å²) in [4.78, 5) is 10.5. The van der Waals surface area contributed by atoms with E-state index in [4.69, 9.17) is 14.6 Å². The Kier molecular flexibility index (Phi) is 9.76. The zero-order chi connectivity index (χ0) is 19.6. The first-order chi connectivity index (χ1) is 13.0. The van der Waals surface area contributed by atoms with Crippen LogP contribution in [0.15, 0.2) is 12.2 Å². The highest BCUT2D eigenvalue weighted by atomic mass is 16.5. The first kappa shape index (κ1) is 22.3. The first-order valence-electron chi connectivity index (χ1n) is 10.3. The standard InChI is InChI=1S/C21H36O6/c1-26-9-4-2-3-5-17(22)6-7-18-19-12-15(8-10-27-14-21(24)25)11-16(19)13-20(18)23/h6-7,15-20,22-23H,2-5,8-14H2,1H3,(H,24,25)/t15?,16-,17?,18-,19+,20-/m0/s1. The molecule has 2 unspecified atom stereocenters. The number of aliphatic hydroxyl groups excluding tert-OH is 2. The third kappa shape index (κ3) is 7.53. The molecule has 0 spiro atoms. The van der Waals surface area contributed by atoms with Crippen molar-refractivity contribution in [2.75, 3.05) is 26.9 Å². The molecule has 2 saturated carbocycles. The van der Waals surface area contributed by atoms with E-state index in [1.807, 2.05) is 12.2 Å². The summed E-state index contributed by atoms with van der Waals surface area (Å²) in [6.45, 7) is 1.03. The van der Waals surface area contributed by atoms with Crippen molar-refractivity contribution in [2.24, 2.45) is 23.7 Å². The van der Waals surface area contributed by atoms with Gasteiger partial charge in [0.2, 0.25) is 0 Å². The fourth-order valence-electron chi connectivity index (χ4n) is 4.82. The Morgan fingerprint density at radius 1 is 1.19 bits per heavy atom. The van der Waals surface area contributed by atoms with Gasteiger partial charge in [0.05, 0.1) is 12.2 Å². The number of rotatable bonds is 13. The second-order valence-corrected chi connectivity index (χ2v) is 8.17. The van der Waals surface area contributed by atoms with Crippen molar-refractivity contribution in [3.8, 4) is 0 Å². The average molecular weight is 385 g/mol. The summed E-state index contributed by atoms with van der Waals surface area (Å²) in [6, 6.07) is 0. The lowest BCUT2D eigenvalue weighted by Gasteiger charge is -2.19. The number of aliphatic carboxylic acids is 1. The molecular weight excluding hydrogens is 348 g/mol. The molecule has 2 rings (SSSR count). The zero-order valence-corrected chi connectivity index (χ0v) is 16.5. The van der Waals surface area contributed by atoms with Gasteiger partial charge in [-0.15, -0.1) is 0 Å². The van der Waals surface area contributed by atoms with E-state index in [9.17, 15) is 15.0 Å². The minimum absolute atomic E-state index is 0.128. The van der Waals surface area contributed by atoms with E-state index < -0.39 is 12.1 Å². The van der Waals surface area contributed by atoms with Crippen molar-refractivity contribution in [3.05, 3.63) is 12.2 Å². The van der Waals surface area contributed by atoms with Crippen LogP contribution in [0.2, 0.25) is 0 Å². The highest BCUT2D eigenvalue weighted by Crippen LogP contribution is 2.51. The lowest BCUT2D eigenvalue weighted by molar-refractivity contribution is -0.142. The van der Waals surface area contributed by atoms with Crippen molar-refractivity contribution < 1.29 is 29.6 Å². The number of ether oxygens (including phenoxy) is 2. The van der Waals surface area contributed by atoms with Gasteiger partial charge in [0, 0.05) is 26.2 Å². The van der Waals surface area contributed by atoms with E-state index in [-0.39, 0.29) is 18.6 Å². The Balaban J connectivity index is 1.71. The summed E-state index contributed by atoms with van der Waals surface area (Å²) in [6.07, 6.45) is 10.8. The molecule has 0 saturated heterocycles. The van der Waals surface area contributed by atoms with Crippen LogP contribution in [-0.2, 0) is 14.3 Å². The molecule has 0 heterocycles. The minimum Gasteiger partial charge on any atom is -0.480 e. The smallest absolute Gasteiger partial charge is 0.329 e. The number of unbranched alkanes of at least 4 members (excludes halogenated alkanes) is 2. The number of fused-ring (bicyclic) bond motifs is 1. The van der Waals surface area contributed by atoms with Crippen LogP contribution in [0.3, 0.4) is 0 Å². The second-order valence-electron chi connectivity index (χ2n) is 8.17. The van der Waals surface area contributed by atoms with E-state index in [1.165, 1.54) is 0 Å². The molecule has 0 bridgehead atoms. The number of carboxylic acids is 1. The first-order valence-corrected chi connectivity index (χ1v) is 10.3. The van der Waals surface area contributed by atoms with Gasteiger partial charge in [-0.3, -0.25) is 0 Å². The van der Waals surface area contributed by atoms with Crippen molar-refractivity contribution in [1.82, 2.24) is 0 Å². The Labute approximate surface area is 162 Å². The van der Waals surface area contributed by atoms with Gasteiger partial charge >= 0.3 is 5.97 Å². The molecule has 156 valence electrons. The Morgan fingerprint density at radius 3 is 2.74 bits per heavy atom. The van der Waals surface area contributed by atoms with Crippen LogP contribution in [-0.4, -0.2) is 60.4 Å². The van der Waals surface area contributed by atoms with Crippen LogP contribution in [0, 0.1) is 23.7 Å². The molecule has 27 heavy (non-hydrogen) atoms. The maximum Gasteiger partial charge on any atom is 0.329 e. The van der Waals surface area contributed by atoms with Gasteiger partial charge in [-0.1, -0.05) is 25.0 Å². The molecule has 6 atom stereocenters. The van der Waals surface area contributed by atoms with Gasteiger partial charge in [0.25, 0.3) is 0 Å². The van der Waals surface area contributed by atoms with E-state index in [1.54, 1.807) is 7.11 Å². The van der Waals surface area contributed by atoms with Gasteiger partial charge in [-0.25, -0.2) is 4.79 Å². The minimum atomic E-state index is -0.927. The van der Waals surface area contributed by atoms with Crippen LogP contribution < -0.4 is 0 Å². The molecule has 0 aromatic carbocycles. The van der Waals surface area contributed by atoms with Crippen molar-refractivity contribution in [1.29, 1.82) is 0 Å². The molecule has 0 amide bonds. The molecule has 6 nitrogen and oxygen atoms in total. The van der Waals surface area contributed by atoms with Crippen LogP contribution >= 0.6 is 0 Å². The topological polar surface area (TPSA) is 96.2 Å². The number of methoxy groups -OCH3 is 1. The fraction of sp³-hybridized carbons (Fsp3) is 0.857. The Morgan fingerprint density at radius 2 is 2.00 bits per heavy atom. The summed E-state index contributed by atoms with van der Waals surface area (Å²) in [5.74, 6) is 0.745. The fourth-order valence-corrected chi connectivity index (χ4v) is 4.82. The molecule has 2 fully saturated rings. The lowest BCUT2D eigenvalue weighted by atomic mass is 9.89. The van der Waals surface area contributed by atoms with E-state index >= 15 is 0 Å². The summed E-state index contributed by atoms with van der Waals surface area (Å²) < 4.78 is 10.2. The maximum absolute atomic E-state index is 10.5. The van der Waals surface area contributed by atoms with Gasteiger partial charge in [-0.05, 0) is 56.3 Å². The van der Waals surface area contributed by atoms with Crippen LogP contribution in [0.25, 0.3) is 0 Å². The Hall–Kier alpha value is -0.950. The van der Waals surface area contributed by atoms with Crippen LogP contribution in [0.5, 0.6) is 0 Å². The lowest BCUT2D eigenvalue weighted by Crippen LogP contribution is -2.18. The molecule has 6 heteroatoms. The van der Waals surface area contributed by atoms with Gasteiger partial charge < -0.3 is 24.8 Å². The third-order valence-electron chi connectivity index (χ3n) is 6.13. The van der Waals surface area contributed by atoms with Crippen molar-refractivity contribution in [3.63, 3.8) is 0 Å². The van der Waals surface area contributed by atoms with E-state index in [0.717, 1.165) is 58.0 Å². The van der Waals surface area contributed by atoms with Crippen LogP contribution in [0.4, 0.5) is 0 Å². The predicted molar refractivity (Wildman–Crippen MR) is 102 cm³/mol. The highest BCUT2D eigenvalue weighted by Gasteiger charge is 2.46. The molecule has 0 aromatic rings. The van der Waals surface area contributed by atoms with Crippen molar-refractivity contribution >= 4 is 5.97 Å². The third-order valence-corrected chi connectivity index (χ3v) is 6.13. The van der Waals surface area contributed by atoms with Gasteiger partial charge in [0.1, 0.15) is 6.61 Å². The number of hydrogen-bond donors (Lipinski definition) is 3. The summed E-state index contributed by atoms with van der Waals surface area (Å²) in [5, 5.41) is 29.2. The summed E-state index contributed by atoms with van der Waals surface area (Å²) in [7, 11) is 1.70. The van der Waals surface area contributed by atoms with Gasteiger partial charge in [-0.2, -0.15) is 0 Å². The normalized spacial score (nSPS) is 31.4. The van der Waals surface area contributed by atoms with Crippen LogP contribution in [0.1, 0.15) is 51.4 Å². The number of hydrogen-bond acceptors (Lipinski definition) is 5. The maximum atomic E-state index is 10.5. The molecule has 2 aliphatic carbocycles. The molecule has 0 radical (unpaired) electrons. The highest BCUT2D eigenvalue weighted by molar-refractivity contribution is 5.67. The molecule has 0 aromatic heterocycles. The summed E-state index contributed by atoms with van der Waals surface area (Å²) >= 11 is 0. The second kappa shape index (κ2) is 11.8. The van der Waals surface area contributed by atoms with Gasteiger partial charge in [0.15, 0.2) is 0 Å². The largest absolute Gasteiger partial charge is 0.480 e. The monoisotopic (exact) mass is 384 g/mol. The number of carbonyl (C=O) groups is 1. The van der Waals surface area contributed by atoms with Crippen molar-refractivity contribution in [2.45, 2.75) is 63.6 Å². The number of carboxylic acid groups (broad SMARTS) is 1. The zero-order valence-electron chi connectivity index (χ0n) is 16.5. The molecule has 0 aliphatic heterocycles. The van der Waals surface area contributed by atoms with E-state index in [2.05, 4.69) is 0 Å². The quantitative estimate of drug-likeness (QED) is 0.334. The van der Waals surface area contributed by atoms with E-state index in [0.29, 0.717) is 24.4 Å². The Bertz CT molecular complexity index is 466. The summed E-state index contributed by atoms with van der Waals surface area (Å²) in [5.41, 5.74) is 0. The molecule has 2 aliphatic rings. The molecule has 3 N–H and O–H groups in total.